The summed E-state index contributed by atoms with van der Waals surface area (Å²) in [6.07, 6.45) is 0.822. The Hall–Kier alpha value is -3.86. The number of imide groups is 1. The number of nitrogens with one attached hydrogen (secondary N) is 1. The van der Waals surface area contributed by atoms with Crippen LogP contribution in [-0.2, 0) is 9.59 Å². The first-order valence-electron chi connectivity index (χ1n) is 11.2. The van der Waals surface area contributed by atoms with E-state index in [4.69, 9.17) is 4.74 Å². The molecule has 4 rings (SSSR count). The molecule has 33 heavy (non-hydrogen) atoms. The molecule has 0 atom stereocenters. The molecule has 0 aliphatic carbocycles. The quantitative estimate of drug-likeness (QED) is 0.472. The maximum absolute atomic E-state index is 13.8. The zero-order valence-electron chi connectivity index (χ0n) is 19.4. The molecule has 3 aromatic rings. The minimum atomic E-state index is -0.399. The molecule has 2 amide bonds. The van der Waals surface area contributed by atoms with Crippen LogP contribution in [0.15, 0.2) is 72.4 Å². The lowest BCUT2D eigenvalue weighted by Crippen LogP contribution is -2.32. The van der Waals surface area contributed by atoms with Crippen molar-refractivity contribution in [2.24, 2.45) is 0 Å². The molecule has 0 saturated carbocycles. The van der Waals surface area contributed by atoms with E-state index in [0.29, 0.717) is 29.2 Å². The number of para-hydroxylation sites is 3. The lowest BCUT2D eigenvalue weighted by atomic mass is 9.99. The van der Waals surface area contributed by atoms with Gasteiger partial charge in [0.05, 0.1) is 17.9 Å². The summed E-state index contributed by atoms with van der Waals surface area (Å²) in [5.74, 6) is -0.256. The van der Waals surface area contributed by atoms with Crippen LogP contribution >= 0.6 is 0 Å². The lowest BCUT2D eigenvalue weighted by molar-refractivity contribution is -0.120. The van der Waals surface area contributed by atoms with Gasteiger partial charge in [-0.25, -0.2) is 4.90 Å². The van der Waals surface area contributed by atoms with Gasteiger partial charge in [0, 0.05) is 5.69 Å². The summed E-state index contributed by atoms with van der Waals surface area (Å²) < 4.78 is 5.86. The Balaban J connectivity index is 1.85. The highest BCUT2D eigenvalue weighted by Crippen LogP contribution is 2.38. The summed E-state index contributed by atoms with van der Waals surface area (Å²) in [5, 5.41) is 3.26. The molecule has 0 saturated heterocycles. The Morgan fingerprint density at radius 2 is 1.55 bits per heavy atom. The fourth-order valence-electron chi connectivity index (χ4n) is 3.85. The number of hydrogen-bond donors (Lipinski definition) is 1. The molecule has 3 aromatic carbocycles. The zero-order chi connectivity index (χ0) is 23.5. The second-order valence-electron chi connectivity index (χ2n) is 8.25. The summed E-state index contributed by atoms with van der Waals surface area (Å²) in [6, 6.07) is 20.7. The first kappa shape index (κ1) is 22.3. The van der Waals surface area contributed by atoms with Gasteiger partial charge in [-0.1, -0.05) is 55.5 Å². The number of benzene rings is 3. The number of hydrogen-bond acceptors (Lipinski definition) is 4. The molecule has 0 fully saturated rings. The third-order valence-corrected chi connectivity index (χ3v) is 5.85. The summed E-state index contributed by atoms with van der Waals surface area (Å²) >= 11 is 0. The Morgan fingerprint density at radius 3 is 2.27 bits per heavy atom. The van der Waals surface area contributed by atoms with E-state index in [-0.39, 0.29) is 11.6 Å². The molecule has 0 aromatic heterocycles. The van der Waals surface area contributed by atoms with Crippen molar-refractivity contribution in [3.63, 3.8) is 0 Å². The van der Waals surface area contributed by atoms with E-state index >= 15 is 0 Å². The van der Waals surface area contributed by atoms with Gasteiger partial charge in [-0.3, -0.25) is 9.59 Å². The molecule has 1 aliphatic heterocycles. The molecule has 0 spiro atoms. The van der Waals surface area contributed by atoms with Crippen LogP contribution in [0.1, 0.15) is 35.6 Å². The second-order valence-corrected chi connectivity index (χ2v) is 8.25. The Kier molecular flexibility index (Phi) is 6.31. The van der Waals surface area contributed by atoms with Crippen LogP contribution in [0.3, 0.4) is 0 Å². The van der Waals surface area contributed by atoms with Crippen LogP contribution in [0.5, 0.6) is 5.75 Å². The van der Waals surface area contributed by atoms with Crippen molar-refractivity contribution >= 4 is 28.8 Å². The monoisotopic (exact) mass is 440 g/mol. The number of rotatable bonds is 7. The van der Waals surface area contributed by atoms with Crippen molar-refractivity contribution in [3.05, 3.63) is 94.7 Å². The number of amides is 2. The highest BCUT2D eigenvalue weighted by atomic mass is 16.5. The average molecular weight is 441 g/mol. The van der Waals surface area contributed by atoms with Crippen LogP contribution in [0.25, 0.3) is 5.57 Å². The van der Waals surface area contributed by atoms with Gasteiger partial charge >= 0.3 is 0 Å². The van der Waals surface area contributed by atoms with Gasteiger partial charge in [0.2, 0.25) is 0 Å². The topological polar surface area (TPSA) is 58.6 Å². The highest BCUT2D eigenvalue weighted by molar-refractivity contribution is 6.46. The Morgan fingerprint density at radius 1 is 0.818 bits per heavy atom. The highest BCUT2D eigenvalue weighted by Gasteiger charge is 2.41. The fraction of sp³-hybridized carbons (Fsp3) is 0.214. The lowest BCUT2D eigenvalue weighted by Gasteiger charge is -2.19. The van der Waals surface area contributed by atoms with Gasteiger partial charge in [-0.05, 0) is 67.6 Å². The first-order valence-corrected chi connectivity index (χ1v) is 11.2. The average Bonchev–Trinajstić information content (AvgIpc) is 3.05. The van der Waals surface area contributed by atoms with Gasteiger partial charge in [0.15, 0.2) is 0 Å². The molecule has 0 unspecified atom stereocenters. The molecule has 1 N–H and O–H groups in total. The van der Waals surface area contributed by atoms with E-state index in [1.165, 1.54) is 4.90 Å². The van der Waals surface area contributed by atoms with Gasteiger partial charge in [0.1, 0.15) is 11.4 Å². The summed E-state index contributed by atoms with van der Waals surface area (Å²) in [4.78, 5) is 28.7. The van der Waals surface area contributed by atoms with Crippen LogP contribution < -0.4 is 15.0 Å². The van der Waals surface area contributed by atoms with Crippen LogP contribution in [-0.4, -0.2) is 18.4 Å². The van der Waals surface area contributed by atoms with E-state index in [2.05, 4.69) is 5.32 Å². The number of nitrogens with zero attached hydrogens (tertiary/aromatic N) is 1. The third-order valence-electron chi connectivity index (χ3n) is 5.85. The molecule has 168 valence electrons. The molecular weight excluding hydrogens is 412 g/mol. The van der Waals surface area contributed by atoms with Crippen LogP contribution in [0, 0.1) is 20.8 Å². The summed E-state index contributed by atoms with van der Waals surface area (Å²) in [5.41, 5.74) is 5.73. The number of anilines is 2. The van der Waals surface area contributed by atoms with E-state index < -0.39 is 5.91 Å². The number of carbonyl (C=O) groups excluding carboxylic acids is 2. The van der Waals surface area contributed by atoms with Gasteiger partial charge < -0.3 is 10.1 Å². The smallest absolute Gasteiger partial charge is 0.282 e. The summed E-state index contributed by atoms with van der Waals surface area (Å²) in [7, 11) is 0. The normalized spacial score (nSPS) is 13.6. The standard InChI is InChI=1S/C28H28N2O3/c1-5-16-33-24-13-9-8-12-23(24)30-27(31)25(21-15-14-18(2)20(4)17-21)26(28(30)32)29-22-11-7-6-10-19(22)3/h6-15,17,29H,5,16H2,1-4H3. The van der Waals surface area contributed by atoms with E-state index in [1.807, 2.05) is 76.2 Å². The minimum Gasteiger partial charge on any atom is -0.491 e. The van der Waals surface area contributed by atoms with E-state index in [9.17, 15) is 9.59 Å². The number of ether oxygens (including phenoxy) is 1. The van der Waals surface area contributed by atoms with Gasteiger partial charge in [-0.15, -0.1) is 0 Å². The molecule has 0 radical (unpaired) electrons. The number of carbonyl (C=O) groups is 2. The molecule has 5 nitrogen and oxygen atoms in total. The predicted molar refractivity (Wildman–Crippen MR) is 132 cm³/mol. The van der Waals surface area contributed by atoms with Crippen molar-refractivity contribution in [3.8, 4) is 5.75 Å². The molecule has 0 bridgehead atoms. The second kappa shape index (κ2) is 9.33. The SMILES string of the molecule is CCCOc1ccccc1N1C(=O)C(Nc2ccccc2C)=C(c2ccc(C)c(C)c2)C1=O. The maximum Gasteiger partial charge on any atom is 0.282 e. The van der Waals surface area contributed by atoms with Crippen molar-refractivity contribution in [2.45, 2.75) is 34.1 Å². The van der Waals surface area contributed by atoms with Crippen LogP contribution in [0.2, 0.25) is 0 Å². The van der Waals surface area contributed by atoms with E-state index in [1.54, 1.807) is 18.2 Å². The first-order chi connectivity index (χ1) is 15.9. The maximum atomic E-state index is 13.8. The van der Waals surface area contributed by atoms with Crippen LogP contribution in [0.4, 0.5) is 11.4 Å². The minimum absolute atomic E-state index is 0.267. The fourth-order valence-corrected chi connectivity index (χ4v) is 3.85. The van der Waals surface area contributed by atoms with Crippen molar-refractivity contribution < 1.29 is 14.3 Å². The molecule has 5 heteroatoms. The summed E-state index contributed by atoms with van der Waals surface area (Å²) in [6.45, 7) is 8.50. The Bertz CT molecular complexity index is 1260. The zero-order valence-corrected chi connectivity index (χ0v) is 19.4. The third kappa shape index (κ3) is 4.27. The van der Waals surface area contributed by atoms with Gasteiger partial charge in [-0.2, -0.15) is 0 Å². The number of aryl methyl sites for hydroxylation is 3. The van der Waals surface area contributed by atoms with Gasteiger partial charge in [0.25, 0.3) is 11.8 Å². The molecule has 1 heterocycles. The van der Waals surface area contributed by atoms with E-state index in [0.717, 1.165) is 28.8 Å². The molecule has 1 aliphatic rings. The Labute approximate surface area is 194 Å². The van der Waals surface area contributed by atoms with Crippen molar-refractivity contribution in [1.29, 1.82) is 0 Å². The predicted octanol–water partition coefficient (Wildman–Crippen LogP) is 5.80. The van der Waals surface area contributed by atoms with Crippen molar-refractivity contribution in [2.75, 3.05) is 16.8 Å². The van der Waals surface area contributed by atoms with Crippen molar-refractivity contribution in [1.82, 2.24) is 0 Å². The largest absolute Gasteiger partial charge is 0.491 e. The molecular formula is C28H28N2O3.